The van der Waals surface area contributed by atoms with Gasteiger partial charge < -0.3 is 21.3 Å². The average Bonchev–Trinajstić information content (AvgIpc) is 3.22. The van der Waals surface area contributed by atoms with Gasteiger partial charge in [0.25, 0.3) is 0 Å². The van der Waals surface area contributed by atoms with Gasteiger partial charge in [-0.2, -0.15) is 0 Å². The molecule has 0 spiro atoms. The average molecular weight is 475 g/mol. The molecular weight excluding hydrogens is 443 g/mol. The van der Waals surface area contributed by atoms with Crippen molar-refractivity contribution in [2.24, 2.45) is 5.73 Å². The van der Waals surface area contributed by atoms with Crippen molar-refractivity contribution in [2.45, 2.75) is 63.1 Å². The zero-order valence-electron chi connectivity index (χ0n) is 19.9. The van der Waals surface area contributed by atoms with E-state index < -0.39 is 0 Å². The zero-order valence-corrected chi connectivity index (χ0v) is 19.9. The minimum absolute atomic E-state index is 0.0601. The molecule has 182 valence electrons. The maximum absolute atomic E-state index is 14.4. The Bertz CT molecular complexity index is 1270. The van der Waals surface area contributed by atoms with Crippen molar-refractivity contribution >= 4 is 22.6 Å². The van der Waals surface area contributed by atoms with E-state index in [2.05, 4.69) is 43.9 Å². The van der Waals surface area contributed by atoms with Gasteiger partial charge >= 0.3 is 6.03 Å². The van der Waals surface area contributed by atoms with E-state index in [1.807, 2.05) is 13.0 Å². The summed E-state index contributed by atoms with van der Waals surface area (Å²) in [5.41, 5.74) is 11.6. The lowest BCUT2D eigenvalue weighted by Crippen LogP contribution is -2.40. The highest BCUT2D eigenvalue weighted by molar-refractivity contribution is 5.98. The fourth-order valence-electron chi connectivity index (χ4n) is 6.06. The van der Waals surface area contributed by atoms with Crippen LogP contribution in [0.5, 0.6) is 0 Å². The van der Waals surface area contributed by atoms with Crippen LogP contribution in [0.3, 0.4) is 0 Å². The van der Waals surface area contributed by atoms with Gasteiger partial charge in [0.1, 0.15) is 11.5 Å². The molecule has 6 rings (SSSR count). The highest BCUT2D eigenvalue weighted by Gasteiger charge is 2.37. The van der Waals surface area contributed by atoms with E-state index in [4.69, 9.17) is 5.73 Å². The molecule has 2 saturated heterocycles. The number of hydrogen-bond acceptors (Lipinski definition) is 5. The molecule has 3 aromatic rings. The quantitative estimate of drug-likeness (QED) is 0.534. The summed E-state index contributed by atoms with van der Waals surface area (Å²) in [6, 6.07) is 12.0. The zero-order chi connectivity index (χ0) is 24.1. The van der Waals surface area contributed by atoms with E-state index in [1.165, 1.54) is 11.6 Å². The molecule has 2 aromatic carbocycles. The third-order valence-corrected chi connectivity index (χ3v) is 7.88. The van der Waals surface area contributed by atoms with Crippen molar-refractivity contribution in [3.63, 3.8) is 0 Å². The lowest BCUT2D eigenvalue weighted by molar-refractivity contribution is 0.247. The van der Waals surface area contributed by atoms with Crippen LogP contribution in [0.15, 0.2) is 36.4 Å². The summed E-state index contributed by atoms with van der Waals surface area (Å²) < 4.78 is 14.4. The van der Waals surface area contributed by atoms with Gasteiger partial charge in [0.15, 0.2) is 0 Å². The van der Waals surface area contributed by atoms with Crippen LogP contribution in [0, 0.1) is 12.7 Å². The number of carbonyl (C=O) groups is 1. The number of aromatic nitrogens is 2. The number of nitrogens with zero attached hydrogens (tertiary/aromatic N) is 3. The molecule has 2 aliphatic heterocycles. The Morgan fingerprint density at radius 2 is 1.80 bits per heavy atom. The number of fused-ring (bicyclic) bond motifs is 2. The Hall–Kier alpha value is -3.26. The second-order valence-electron chi connectivity index (χ2n) is 10.4. The van der Waals surface area contributed by atoms with Crippen LogP contribution < -0.4 is 21.3 Å². The molecule has 8 heteroatoms. The third kappa shape index (κ3) is 4.20. The molecule has 1 aliphatic carbocycles. The first kappa shape index (κ1) is 22.2. The van der Waals surface area contributed by atoms with E-state index in [0.29, 0.717) is 11.6 Å². The molecule has 3 fully saturated rings. The normalized spacial score (nSPS) is 24.8. The lowest BCUT2D eigenvalue weighted by Gasteiger charge is -2.34. The largest absolute Gasteiger partial charge is 0.369 e. The number of hydrogen-bond donors (Lipinski definition) is 3. The number of nitrogens with one attached hydrogen (secondary N) is 2. The number of halogens is 1. The number of carbonyl (C=O) groups excluding carboxylic acids is 1. The van der Waals surface area contributed by atoms with Gasteiger partial charge in [-0.25, -0.2) is 9.18 Å². The molecule has 3 unspecified atom stereocenters. The number of urea groups is 1. The van der Waals surface area contributed by atoms with Gasteiger partial charge in [-0.3, -0.25) is 0 Å². The number of benzene rings is 2. The number of amides is 2. The van der Waals surface area contributed by atoms with Crippen LogP contribution in [0.1, 0.15) is 49.1 Å². The minimum atomic E-state index is -0.272. The Labute approximate surface area is 204 Å². The van der Waals surface area contributed by atoms with Gasteiger partial charge in [0, 0.05) is 30.1 Å². The van der Waals surface area contributed by atoms with Crippen molar-refractivity contribution in [3.8, 4) is 11.3 Å². The van der Waals surface area contributed by atoms with E-state index >= 15 is 0 Å². The standard InChI is InChI=1S/C27H31FN6O/c1-15-10-18(12-19(28)11-15)25-26(34-8-6-20(29)7-9-34)21-13-16(2-4-22(21)32-33-25)17-3-5-23-24(14-17)31-27(35)30-23/h2,4,10-13,17,20,23-24H,3,5-9,14,29H2,1H3,(H2,30,31,35). The first-order valence-electron chi connectivity index (χ1n) is 12.6. The predicted molar refractivity (Wildman–Crippen MR) is 135 cm³/mol. The number of aryl methyl sites for hydroxylation is 1. The molecular formula is C27H31FN6O. The van der Waals surface area contributed by atoms with E-state index in [9.17, 15) is 9.18 Å². The van der Waals surface area contributed by atoms with Gasteiger partial charge in [-0.15, -0.1) is 10.2 Å². The summed E-state index contributed by atoms with van der Waals surface area (Å²) in [7, 11) is 0. The van der Waals surface area contributed by atoms with E-state index in [1.54, 1.807) is 6.07 Å². The summed E-state index contributed by atoms with van der Waals surface area (Å²) in [5, 5.41) is 16.3. The molecule has 1 saturated carbocycles. The molecule has 2 amide bonds. The van der Waals surface area contributed by atoms with Crippen LogP contribution in [0.2, 0.25) is 0 Å². The molecule has 3 aliphatic rings. The summed E-state index contributed by atoms with van der Waals surface area (Å²) in [6.07, 6.45) is 4.71. The van der Waals surface area contributed by atoms with Crippen LogP contribution >= 0.6 is 0 Å². The van der Waals surface area contributed by atoms with Gasteiger partial charge in [0.2, 0.25) is 0 Å². The molecule has 0 radical (unpaired) electrons. The number of anilines is 1. The number of piperidine rings is 1. The van der Waals surface area contributed by atoms with E-state index in [0.717, 1.165) is 72.9 Å². The highest BCUT2D eigenvalue weighted by atomic mass is 19.1. The molecule has 1 aromatic heterocycles. The summed E-state index contributed by atoms with van der Waals surface area (Å²) in [4.78, 5) is 14.2. The van der Waals surface area contributed by atoms with Crippen molar-refractivity contribution in [2.75, 3.05) is 18.0 Å². The Morgan fingerprint density at radius 3 is 2.60 bits per heavy atom. The van der Waals surface area contributed by atoms with Gasteiger partial charge in [0.05, 0.1) is 23.3 Å². The fraction of sp³-hybridized carbons (Fsp3) is 0.444. The highest BCUT2D eigenvalue weighted by Crippen LogP contribution is 2.40. The second kappa shape index (κ2) is 8.75. The maximum atomic E-state index is 14.4. The van der Waals surface area contributed by atoms with Crippen molar-refractivity contribution < 1.29 is 9.18 Å². The fourth-order valence-corrected chi connectivity index (χ4v) is 6.06. The molecule has 0 bridgehead atoms. The minimum Gasteiger partial charge on any atom is -0.369 e. The van der Waals surface area contributed by atoms with Crippen molar-refractivity contribution in [3.05, 3.63) is 53.3 Å². The Balaban J connectivity index is 1.45. The lowest BCUT2D eigenvalue weighted by atomic mass is 9.79. The van der Waals surface area contributed by atoms with Gasteiger partial charge in [-0.05, 0) is 86.4 Å². The maximum Gasteiger partial charge on any atom is 0.315 e. The van der Waals surface area contributed by atoms with Gasteiger partial charge in [-0.1, -0.05) is 6.07 Å². The molecule has 35 heavy (non-hydrogen) atoms. The van der Waals surface area contributed by atoms with Crippen LogP contribution in [-0.2, 0) is 0 Å². The van der Waals surface area contributed by atoms with E-state index in [-0.39, 0.29) is 30.0 Å². The van der Waals surface area contributed by atoms with Crippen molar-refractivity contribution in [1.29, 1.82) is 0 Å². The Kier molecular flexibility index (Phi) is 5.56. The van der Waals surface area contributed by atoms with Crippen LogP contribution in [0.4, 0.5) is 14.9 Å². The first-order valence-corrected chi connectivity index (χ1v) is 12.6. The molecule has 4 N–H and O–H groups in total. The number of rotatable bonds is 3. The van der Waals surface area contributed by atoms with Crippen LogP contribution in [0.25, 0.3) is 22.2 Å². The number of nitrogens with two attached hydrogens (primary N) is 1. The monoisotopic (exact) mass is 474 g/mol. The summed E-state index contributed by atoms with van der Waals surface area (Å²) in [5.74, 6) is 0.0859. The summed E-state index contributed by atoms with van der Waals surface area (Å²) >= 11 is 0. The second-order valence-corrected chi connectivity index (χ2v) is 10.4. The summed E-state index contributed by atoms with van der Waals surface area (Å²) in [6.45, 7) is 3.56. The molecule has 3 heterocycles. The predicted octanol–water partition coefficient (Wildman–Crippen LogP) is 3.99. The Morgan fingerprint density at radius 1 is 1.00 bits per heavy atom. The van der Waals surface area contributed by atoms with Crippen molar-refractivity contribution in [1.82, 2.24) is 20.8 Å². The molecule has 7 nitrogen and oxygen atoms in total. The molecule has 3 atom stereocenters. The van der Waals surface area contributed by atoms with Crippen LogP contribution in [-0.4, -0.2) is 47.4 Å². The third-order valence-electron chi connectivity index (χ3n) is 7.88. The first-order chi connectivity index (χ1) is 16.9. The SMILES string of the molecule is Cc1cc(F)cc(-c2nnc3ccc(C4CCC5NC(=O)NC5C4)cc3c2N2CCC(N)CC2)c1. The smallest absolute Gasteiger partial charge is 0.315 e. The topological polar surface area (TPSA) is 96.2 Å².